The topological polar surface area (TPSA) is 20.3 Å². The van der Waals surface area contributed by atoms with Crippen LogP contribution in [0.4, 0.5) is 0 Å². The third-order valence-electron chi connectivity index (χ3n) is 3.00. The molecule has 14 heavy (non-hydrogen) atoms. The Morgan fingerprint density at radius 1 is 1.29 bits per heavy atom. The molecular weight excluding hydrogens is 174 g/mol. The van der Waals surface area contributed by atoms with Gasteiger partial charge in [-0.2, -0.15) is 0 Å². The largest absolute Gasteiger partial charge is 0.328 e. The molecule has 3 rings (SSSR count). The zero-order valence-corrected chi connectivity index (χ0v) is 7.81. The van der Waals surface area contributed by atoms with E-state index in [1.54, 1.807) is 0 Å². The molecule has 0 aromatic heterocycles. The molecule has 0 N–H and O–H groups in total. The van der Waals surface area contributed by atoms with E-state index in [-0.39, 0.29) is 5.91 Å². The monoisotopic (exact) mass is 185 g/mol. The number of carbonyl (C=O) groups excluding carboxylic acids is 1. The second-order valence-electron chi connectivity index (χ2n) is 3.81. The van der Waals surface area contributed by atoms with Gasteiger partial charge in [-0.3, -0.25) is 4.79 Å². The van der Waals surface area contributed by atoms with E-state index in [2.05, 4.69) is 18.2 Å². The van der Waals surface area contributed by atoms with E-state index < -0.39 is 0 Å². The number of hydrogen-bond acceptors (Lipinski definition) is 1. The molecule has 0 saturated heterocycles. The Kier molecular flexibility index (Phi) is 1.51. The van der Waals surface area contributed by atoms with E-state index in [4.69, 9.17) is 0 Å². The number of nitrogens with zero attached hydrogens (tertiary/aromatic N) is 1. The Balaban J connectivity index is 2.11. The molecule has 0 spiro atoms. The molecule has 2 heterocycles. The standard InChI is InChI=1S/C12H11NO/c14-12-11-6-2-1-4-9(11)8-10-5-3-7-13(10)12/h1-6,10H,7-8H2. The van der Waals surface area contributed by atoms with Gasteiger partial charge >= 0.3 is 0 Å². The summed E-state index contributed by atoms with van der Waals surface area (Å²) in [4.78, 5) is 13.9. The second-order valence-corrected chi connectivity index (χ2v) is 3.81. The molecule has 1 aromatic rings. The Labute approximate surface area is 82.8 Å². The first kappa shape index (κ1) is 7.80. The van der Waals surface area contributed by atoms with Crippen molar-refractivity contribution in [2.24, 2.45) is 0 Å². The van der Waals surface area contributed by atoms with Crippen LogP contribution in [0.5, 0.6) is 0 Å². The fourth-order valence-corrected chi connectivity index (χ4v) is 2.27. The lowest BCUT2D eigenvalue weighted by molar-refractivity contribution is 0.0730. The zero-order valence-electron chi connectivity index (χ0n) is 7.81. The average Bonchev–Trinajstić information content (AvgIpc) is 2.66. The first-order valence-electron chi connectivity index (χ1n) is 4.92. The van der Waals surface area contributed by atoms with Gasteiger partial charge in [0, 0.05) is 12.1 Å². The Hall–Kier alpha value is -1.57. The summed E-state index contributed by atoms with van der Waals surface area (Å²) in [7, 11) is 0. The molecule has 0 saturated carbocycles. The molecule has 70 valence electrons. The van der Waals surface area contributed by atoms with Gasteiger partial charge in [-0.15, -0.1) is 0 Å². The molecule has 0 fully saturated rings. The highest BCUT2D eigenvalue weighted by Crippen LogP contribution is 2.26. The summed E-state index contributed by atoms with van der Waals surface area (Å²) >= 11 is 0. The highest BCUT2D eigenvalue weighted by Gasteiger charge is 2.31. The Bertz CT molecular complexity index is 422. The average molecular weight is 185 g/mol. The lowest BCUT2D eigenvalue weighted by Gasteiger charge is -2.30. The van der Waals surface area contributed by atoms with Crippen LogP contribution < -0.4 is 0 Å². The molecule has 2 aliphatic rings. The van der Waals surface area contributed by atoms with Crippen molar-refractivity contribution in [3.8, 4) is 0 Å². The van der Waals surface area contributed by atoms with E-state index in [1.165, 1.54) is 5.56 Å². The smallest absolute Gasteiger partial charge is 0.254 e. The number of rotatable bonds is 0. The number of hydrogen-bond donors (Lipinski definition) is 0. The van der Waals surface area contributed by atoms with Crippen LogP contribution in [0.15, 0.2) is 36.4 Å². The highest BCUT2D eigenvalue weighted by molar-refractivity contribution is 5.97. The second kappa shape index (κ2) is 2.71. The van der Waals surface area contributed by atoms with E-state index in [0.29, 0.717) is 6.04 Å². The van der Waals surface area contributed by atoms with E-state index in [0.717, 1.165) is 18.5 Å². The van der Waals surface area contributed by atoms with Crippen molar-refractivity contribution in [3.63, 3.8) is 0 Å². The third-order valence-corrected chi connectivity index (χ3v) is 3.00. The van der Waals surface area contributed by atoms with Crippen LogP contribution in [0.1, 0.15) is 15.9 Å². The van der Waals surface area contributed by atoms with Gasteiger partial charge in [-0.25, -0.2) is 0 Å². The van der Waals surface area contributed by atoms with Crippen molar-refractivity contribution >= 4 is 5.91 Å². The van der Waals surface area contributed by atoms with Gasteiger partial charge < -0.3 is 4.90 Å². The van der Waals surface area contributed by atoms with Crippen LogP contribution in [0.2, 0.25) is 0 Å². The lowest BCUT2D eigenvalue weighted by atomic mass is 9.95. The molecule has 0 radical (unpaired) electrons. The van der Waals surface area contributed by atoms with Crippen molar-refractivity contribution < 1.29 is 4.79 Å². The lowest BCUT2D eigenvalue weighted by Crippen LogP contribution is -2.41. The highest BCUT2D eigenvalue weighted by atomic mass is 16.2. The minimum Gasteiger partial charge on any atom is -0.328 e. The molecule has 1 amide bonds. The first-order valence-corrected chi connectivity index (χ1v) is 4.92. The predicted molar refractivity (Wildman–Crippen MR) is 54.1 cm³/mol. The van der Waals surface area contributed by atoms with Crippen LogP contribution in [0, 0.1) is 0 Å². The summed E-state index contributed by atoms with van der Waals surface area (Å²) < 4.78 is 0. The fourth-order valence-electron chi connectivity index (χ4n) is 2.27. The maximum atomic E-state index is 12.0. The number of amides is 1. The Morgan fingerprint density at radius 3 is 3.07 bits per heavy atom. The third kappa shape index (κ3) is 0.939. The van der Waals surface area contributed by atoms with Crippen LogP contribution in [-0.2, 0) is 6.42 Å². The number of benzene rings is 1. The minimum absolute atomic E-state index is 0.182. The molecule has 0 aliphatic carbocycles. The van der Waals surface area contributed by atoms with E-state index in [9.17, 15) is 4.79 Å². The molecule has 2 nitrogen and oxygen atoms in total. The van der Waals surface area contributed by atoms with Crippen LogP contribution in [0.3, 0.4) is 0 Å². The normalized spacial score (nSPS) is 23.6. The molecular formula is C12H11NO. The molecule has 1 unspecified atom stereocenters. The maximum absolute atomic E-state index is 12.0. The summed E-state index contributed by atoms with van der Waals surface area (Å²) in [6.45, 7) is 0.776. The van der Waals surface area contributed by atoms with E-state index >= 15 is 0 Å². The fraction of sp³-hybridized carbons (Fsp3) is 0.250. The summed E-state index contributed by atoms with van der Waals surface area (Å²) in [5.74, 6) is 0.182. The maximum Gasteiger partial charge on any atom is 0.254 e. The van der Waals surface area contributed by atoms with Gasteiger partial charge in [0.1, 0.15) is 0 Å². The minimum atomic E-state index is 0.182. The van der Waals surface area contributed by atoms with Crippen molar-refractivity contribution in [2.45, 2.75) is 12.5 Å². The number of fused-ring (bicyclic) bond motifs is 2. The summed E-state index contributed by atoms with van der Waals surface area (Å²) in [5.41, 5.74) is 2.07. The SMILES string of the molecule is O=C1c2ccccc2CC2C=CCN12. The summed E-state index contributed by atoms with van der Waals surface area (Å²) in [6.07, 6.45) is 5.18. The Morgan fingerprint density at radius 2 is 2.14 bits per heavy atom. The van der Waals surface area contributed by atoms with Gasteiger partial charge in [-0.1, -0.05) is 30.4 Å². The van der Waals surface area contributed by atoms with Crippen molar-refractivity contribution in [3.05, 3.63) is 47.5 Å². The van der Waals surface area contributed by atoms with Crippen LogP contribution in [0.25, 0.3) is 0 Å². The van der Waals surface area contributed by atoms with Gasteiger partial charge in [0.05, 0.1) is 6.04 Å². The van der Waals surface area contributed by atoms with Crippen LogP contribution in [-0.4, -0.2) is 23.4 Å². The summed E-state index contributed by atoms with van der Waals surface area (Å²) in [5, 5.41) is 0. The molecule has 0 bridgehead atoms. The molecule has 1 aromatic carbocycles. The molecule has 2 aliphatic heterocycles. The molecule has 1 atom stereocenters. The van der Waals surface area contributed by atoms with Gasteiger partial charge in [0.25, 0.3) is 5.91 Å². The van der Waals surface area contributed by atoms with Crippen LogP contribution >= 0.6 is 0 Å². The predicted octanol–water partition coefficient (Wildman–Crippen LogP) is 1.62. The van der Waals surface area contributed by atoms with Crippen molar-refractivity contribution in [2.75, 3.05) is 6.54 Å². The van der Waals surface area contributed by atoms with Gasteiger partial charge in [-0.05, 0) is 18.1 Å². The van der Waals surface area contributed by atoms with E-state index in [1.807, 2.05) is 23.1 Å². The quantitative estimate of drug-likeness (QED) is 0.562. The van der Waals surface area contributed by atoms with Gasteiger partial charge in [0.2, 0.25) is 0 Å². The van der Waals surface area contributed by atoms with Crippen molar-refractivity contribution in [1.82, 2.24) is 4.90 Å². The molecule has 2 heteroatoms. The van der Waals surface area contributed by atoms with Gasteiger partial charge in [0.15, 0.2) is 0 Å². The number of carbonyl (C=O) groups is 1. The first-order chi connectivity index (χ1) is 6.86. The summed E-state index contributed by atoms with van der Waals surface area (Å²) in [6, 6.07) is 8.21. The zero-order chi connectivity index (χ0) is 9.54. The van der Waals surface area contributed by atoms with Crippen molar-refractivity contribution in [1.29, 1.82) is 0 Å².